The van der Waals surface area contributed by atoms with Gasteiger partial charge in [-0.05, 0) is 53.0 Å². The highest BCUT2D eigenvalue weighted by atomic mass is 32.1. The maximum Gasteiger partial charge on any atom is 0.241 e. The van der Waals surface area contributed by atoms with Gasteiger partial charge in [-0.2, -0.15) is 11.3 Å². The van der Waals surface area contributed by atoms with Gasteiger partial charge in [0, 0.05) is 6.54 Å². The Kier molecular flexibility index (Phi) is 4.10. The molecule has 2 atom stereocenters. The van der Waals surface area contributed by atoms with E-state index in [4.69, 9.17) is 0 Å². The number of amides is 1. The van der Waals surface area contributed by atoms with Gasteiger partial charge in [-0.3, -0.25) is 10.1 Å². The summed E-state index contributed by atoms with van der Waals surface area (Å²) in [4.78, 5) is 14.9. The molecule has 2 unspecified atom stereocenters. The first-order chi connectivity index (χ1) is 9.98. The zero-order valence-corrected chi connectivity index (χ0v) is 14.1. The van der Waals surface area contributed by atoms with Crippen LogP contribution in [0.2, 0.25) is 0 Å². The number of hydrogen-bond acceptors (Lipinski definition) is 3. The molecule has 1 saturated carbocycles. The van der Waals surface area contributed by atoms with Crippen molar-refractivity contribution in [2.45, 2.75) is 58.7 Å². The number of thiophene rings is 1. The number of nitrogens with one attached hydrogen (secondary N) is 1. The lowest BCUT2D eigenvalue weighted by Crippen LogP contribution is -2.43. The molecule has 116 valence electrons. The van der Waals surface area contributed by atoms with E-state index >= 15 is 0 Å². The Bertz CT molecular complexity index is 493. The van der Waals surface area contributed by atoms with Gasteiger partial charge in [0.2, 0.25) is 5.91 Å². The van der Waals surface area contributed by atoms with Gasteiger partial charge in [0.05, 0.1) is 6.04 Å². The average molecular weight is 306 g/mol. The normalized spacial score (nSPS) is 28.2. The average Bonchev–Trinajstić information content (AvgIpc) is 2.99. The van der Waals surface area contributed by atoms with Crippen molar-refractivity contribution in [1.82, 2.24) is 10.2 Å². The summed E-state index contributed by atoms with van der Waals surface area (Å²) in [5.74, 6) is 0.835. The van der Waals surface area contributed by atoms with Crippen LogP contribution in [0.5, 0.6) is 0 Å². The molecule has 1 N–H and O–H groups in total. The van der Waals surface area contributed by atoms with E-state index in [1.807, 2.05) is 0 Å². The van der Waals surface area contributed by atoms with E-state index < -0.39 is 0 Å². The van der Waals surface area contributed by atoms with Gasteiger partial charge in [0.25, 0.3) is 0 Å². The van der Waals surface area contributed by atoms with Gasteiger partial charge < -0.3 is 4.90 Å². The van der Waals surface area contributed by atoms with Crippen molar-refractivity contribution in [2.75, 3.05) is 6.54 Å². The number of hydrogen-bond donors (Lipinski definition) is 1. The molecule has 2 fully saturated rings. The molecular weight excluding hydrogens is 280 g/mol. The van der Waals surface area contributed by atoms with Crippen LogP contribution in [0.4, 0.5) is 0 Å². The highest BCUT2D eigenvalue weighted by Crippen LogP contribution is 2.43. The van der Waals surface area contributed by atoms with Crippen molar-refractivity contribution in [1.29, 1.82) is 0 Å². The Morgan fingerprint density at radius 3 is 2.76 bits per heavy atom. The molecule has 1 aromatic rings. The van der Waals surface area contributed by atoms with Gasteiger partial charge in [0.15, 0.2) is 0 Å². The monoisotopic (exact) mass is 306 g/mol. The van der Waals surface area contributed by atoms with E-state index in [1.54, 1.807) is 11.3 Å². The van der Waals surface area contributed by atoms with Gasteiger partial charge in [-0.1, -0.05) is 27.2 Å². The Balaban J connectivity index is 1.80. The van der Waals surface area contributed by atoms with E-state index in [1.165, 1.54) is 24.8 Å². The van der Waals surface area contributed by atoms with Crippen molar-refractivity contribution < 1.29 is 4.79 Å². The summed E-state index contributed by atoms with van der Waals surface area (Å²) >= 11 is 1.70. The molecule has 4 heteroatoms. The van der Waals surface area contributed by atoms with Crippen LogP contribution >= 0.6 is 11.3 Å². The van der Waals surface area contributed by atoms with Crippen molar-refractivity contribution in [3.8, 4) is 0 Å². The predicted octanol–water partition coefficient (Wildman–Crippen LogP) is 3.78. The predicted molar refractivity (Wildman–Crippen MR) is 87.1 cm³/mol. The molecule has 21 heavy (non-hydrogen) atoms. The molecule has 1 aromatic heterocycles. The highest BCUT2D eigenvalue weighted by Gasteiger charge is 2.44. The molecule has 0 spiro atoms. The van der Waals surface area contributed by atoms with Crippen LogP contribution in [-0.2, 0) is 4.79 Å². The minimum absolute atomic E-state index is 0.0152. The third kappa shape index (κ3) is 3.02. The smallest absolute Gasteiger partial charge is 0.241 e. The minimum atomic E-state index is -0.0152. The molecule has 1 aliphatic carbocycles. The first-order valence-electron chi connectivity index (χ1n) is 8.07. The van der Waals surface area contributed by atoms with E-state index in [9.17, 15) is 4.79 Å². The Hall–Kier alpha value is -0.870. The first kappa shape index (κ1) is 15.0. The lowest BCUT2D eigenvalue weighted by molar-refractivity contribution is -0.132. The van der Waals surface area contributed by atoms with Crippen molar-refractivity contribution in [2.24, 2.45) is 11.3 Å². The summed E-state index contributed by atoms with van der Waals surface area (Å²) in [7, 11) is 0. The fraction of sp³-hybridized carbons (Fsp3) is 0.706. The van der Waals surface area contributed by atoms with Crippen LogP contribution < -0.4 is 5.32 Å². The molecule has 3 nitrogen and oxygen atoms in total. The second kappa shape index (κ2) is 5.73. The third-order valence-corrected chi connectivity index (χ3v) is 5.63. The topological polar surface area (TPSA) is 32.3 Å². The third-order valence-electron chi connectivity index (χ3n) is 4.93. The maximum absolute atomic E-state index is 12.8. The molecule has 2 heterocycles. The summed E-state index contributed by atoms with van der Waals surface area (Å²) in [5, 5.41) is 7.84. The lowest BCUT2D eigenvalue weighted by atomic mass is 9.70. The van der Waals surface area contributed by atoms with E-state index in [0.29, 0.717) is 17.2 Å². The number of nitrogens with zero attached hydrogens (tertiary/aromatic N) is 1. The van der Waals surface area contributed by atoms with Crippen LogP contribution in [-0.4, -0.2) is 23.4 Å². The maximum atomic E-state index is 12.8. The van der Waals surface area contributed by atoms with Crippen molar-refractivity contribution in [3.05, 3.63) is 22.4 Å². The van der Waals surface area contributed by atoms with Crippen LogP contribution in [0, 0.1) is 11.3 Å². The Morgan fingerprint density at radius 2 is 2.24 bits per heavy atom. The Morgan fingerprint density at radius 1 is 1.48 bits per heavy atom. The first-order valence-corrected chi connectivity index (χ1v) is 9.01. The van der Waals surface area contributed by atoms with Crippen molar-refractivity contribution >= 4 is 17.2 Å². The number of carbonyl (C=O) groups excluding carboxylic acids is 1. The van der Waals surface area contributed by atoms with Gasteiger partial charge in [-0.15, -0.1) is 0 Å². The van der Waals surface area contributed by atoms with Crippen molar-refractivity contribution in [3.63, 3.8) is 0 Å². The zero-order valence-electron chi connectivity index (χ0n) is 13.3. The Labute approximate surface area is 131 Å². The second-order valence-corrected chi connectivity index (χ2v) is 8.22. The summed E-state index contributed by atoms with van der Waals surface area (Å²) in [6, 6.07) is 2.13. The van der Waals surface area contributed by atoms with Crippen LogP contribution in [0.25, 0.3) is 0 Å². The summed E-state index contributed by atoms with van der Waals surface area (Å²) in [6.07, 6.45) is 4.81. The largest absolute Gasteiger partial charge is 0.321 e. The van der Waals surface area contributed by atoms with E-state index in [0.717, 1.165) is 13.0 Å². The summed E-state index contributed by atoms with van der Waals surface area (Å²) in [5.41, 5.74) is 1.57. The minimum Gasteiger partial charge on any atom is -0.321 e. The van der Waals surface area contributed by atoms with E-state index in [-0.39, 0.29) is 12.2 Å². The molecule has 0 bridgehead atoms. The molecule has 0 aromatic carbocycles. The molecule has 1 amide bonds. The van der Waals surface area contributed by atoms with Crippen LogP contribution in [0.3, 0.4) is 0 Å². The highest BCUT2D eigenvalue weighted by molar-refractivity contribution is 7.07. The quantitative estimate of drug-likeness (QED) is 0.898. The molecule has 2 aliphatic rings. The fourth-order valence-electron chi connectivity index (χ4n) is 3.55. The molecule has 1 aliphatic heterocycles. The van der Waals surface area contributed by atoms with Gasteiger partial charge in [0.1, 0.15) is 6.17 Å². The van der Waals surface area contributed by atoms with Crippen LogP contribution in [0.1, 0.15) is 58.2 Å². The van der Waals surface area contributed by atoms with E-state index in [2.05, 4.69) is 47.8 Å². The molecule has 0 radical (unpaired) electrons. The molecule has 3 rings (SSSR count). The summed E-state index contributed by atoms with van der Waals surface area (Å²) < 4.78 is 0. The standard InChI is InChI=1S/C17H26N2OS/c1-12(2)9-14-16(20)19(11-17(3)6-4-7-17)15(18-14)13-5-8-21-10-13/h5,8,10,12,14-15,18H,4,6-7,9,11H2,1-3H3. The second-order valence-electron chi connectivity index (χ2n) is 7.44. The summed E-state index contributed by atoms with van der Waals surface area (Å²) in [6.45, 7) is 7.59. The number of carbonyl (C=O) groups is 1. The van der Waals surface area contributed by atoms with Gasteiger partial charge >= 0.3 is 0 Å². The fourth-order valence-corrected chi connectivity index (χ4v) is 4.22. The SMILES string of the molecule is CC(C)CC1NC(c2ccsc2)N(CC2(C)CCC2)C1=O. The lowest BCUT2D eigenvalue weighted by Gasteiger charge is -2.42. The van der Waals surface area contributed by atoms with Crippen LogP contribution in [0.15, 0.2) is 16.8 Å². The number of rotatable bonds is 5. The van der Waals surface area contributed by atoms with Gasteiger partial charge in [-0.25, -0.2) is 0 Å². The zero-order chi connectivity index (χ0) is 15.0. The molecular formula is C17H26N2OS. The molecule has 1 saturated heterocycles.